The third-order valence-electron chi connectivity index (χ3n) is 10.1. The SMILES string of the molecule is c1ccc([Si](c2ccccc2)(c2ccccc2)c2ccc(-c3cccc4[nH]c5cccc(-c6cccc(C7CC7)c6)c5c34)cc2)cc1. The fourth-order valence-electron chi connectivity index (χ4n) is 7.82. The van der Waals surface area contributed by atoms with E-state index in [1.165, 1.54) is 83.2 Å². The lowest BCUT2D eigenvalue weighted by Gasteiger charge is -2.34. The van der Waals surface area contributed by atoms with E-state index in [-0.39, 0.29) is 0 Å². The van der Waals surface area contributed by atoms with Gasteiger partial charge in [-0.1, -0.05) is 164 Å². The molecule has 0 radical (unpaired) electrons. The molecule has 1 heterocycles. The summed E-state index contributed by atoms with van der Waals surface area (Å²) >= 11 is 0. The van der Waals surface area contributed by atoms with Crippen LogP contribution in [0.4, 0.5) is 0 Å². The Balaban J connectivity index is 1.24. The molecule has 1 aromatic heterocycles. The molecule has 0 saturated heterocycles. The van der Waals surface area contributed by atoms with Crippen LogP contribution in [0, 0.1) is 0 Å². The van der Waals surface area contributed by atoms with Crippen LogP contribution in [0.2, 0.25) is 0 Å². The molecule has 0 amide bonds. The van der Waals surface area contributed by atoms with Crippen molar-refractivity contribution in [1.82, 2.24) is 4.98 Å². The van der Waals surface area contributed by atoms with E-state index in [1.54, 1.807) is 0 Å². The van der Waals surface area contributed by atoms with E-state index >= 15 is 0 Å². The van der Waals surface area contributed by atoms with Crippen LogP contribution in [0.1, 0.15) is 24.3 Å². The van der Waals surface area contributed by atoms with Gasteiger partial charge in [0.1, 0.15) is 0 Å². The molecular weight excluding hydrogens is 583 g/mol. The third-order valence-corrected chi connectivity index (χ3v) is 14.9. The molecular formula is C45H35NSi. The Labute approximate surface area is 277 Å². The summed E-state index contributed by atoms with van der Waals surface area (Å²) in [6.45, 7) is 0. The van der Waals surface area contributed by atoms with E-state index in [1.807, 2.05) is 0 Å². The van der Waals surface area contributed by atoms with Crippen LogP contribution in [0.3, 0.4) is 0 Å². The molecule has 1 saturated carbocycles. The van der Waals surface area contributed by atoms with E-state index in [2.05, 4.69) is 181 Å². The zero-order valence-electron chi connectivity index (χ0n) is 26.2. The molecule has 224 valence electrons. The third kappa shape index (κ3) is 4.68. The van der Waals surface area contributed by atoms with Crippen molar-refractivity contribution in [2.45, 2.75) is 18.8 Å². The molecule has 1 aliphatic carbocycles. The van der Waals surface area contributed by atoms with Gasteiger partial charge in [-0.15, -0.1) is 0 Å². The Bertz CT molecular complexity index is 2240. The molecule has 1 fully saturated rings. The maximum Gasteiger partial charge on any atom is 0.179 e. The summed E-state index contributed by atoms with van der Waals surface area (Å²) in [6, 6.07) is 65.6. The highest BCUT2D eigenvalue weighted by atomic mass is 28.3. The van der Waals surface area contributed by atoms with Crippen LogP contribution in [0.15, 0.2) is 176 Å². The molecule has 7 aromatic carbocycles. The quantitative estimate of drug-likeness (QED) is 0.136. The van der Waals surface area contributed by atoms with E-state index in [9.17, 15) is 0 Å². The van der Waals surface area contributed by atoms with Gasteiger partial charge < -0.3 is 4.98 Å². The minimum Gasteiger partial charge on any atom is -0.354 e. The molecule has 1 N–H and O–H groups in total. The molecule has 0 unspecified atom stereocenters. The van der Waals surface area contributed by atoms with Crippen molar-refractivity contribution in [2.75, 3.05) is 0 Å². The molecule has 0 atom stereocenters. The van der Waals surface area contributed by atoms with Gasteiger partial charge in [0.25, 0.3) is 0 Å². The van der Waals surface area contributed by atoms with Crippen LogP contribution in [-0.2, 0) is 0 Å². The number of aromatic amines is 1. The minimum atomic E-state index is -2.58. The summed E-state index contributed by atoms with van der Waals surface area (Å²) in [5, 5.41) is 8.15. The summed E-state index contributed by atoms with van der Waals surface area (Å²) in [4.78, 5) is 3.76. The largest absolute Gasteiger partial charge is 0.354 e. The number of benzene rings is 7. The monoisotopic (exact) mass is 617 g/mol. The van der Waals surface area contributed by atoms with E-state index in [4.69, 9.17) is 0 Å². The van der Waals surface area contributed by atoms with Gasteiger partial charge in [-0.2, -0.15) is 0 Å². The lowest BCUT2D eigenvalue weighted by molar-refractivity contribution is 1.13. The Morgan fingerprint density at radius 2 is 0.872 bits per heavy atom. The Hall–Kier alpha value is -5.44. The van der Waals surface area contributed by atoms with Crippen molar-refractivity contribution >= 4 is 50.6 Å². The van der Waals surface area contributed by atoms with Crippen molar-refractivity contribution in [1.29, 1.82) is 0 Å². The van der Waals surface area contributed by atoms with Crippen LogP contribution in [0.5, 0.6) is 0 Å². The minimum absolute atomic E-state index is 0.726. The number of hydrogen-bond acceptors (Lipinski definition) is 0. The average molecular weight is 618 g/mol. The zero-order valence-corrected chi connectivity index (χ0v) is 27.2. The highest BCUT2D eigenvalue weighted by molar-refractivity contribution is 7.19. The number of rotatable bonds is 7. The zero-order chi connectivity index (χ0) is 31.2. The first-order valence-electron chi connectivity index (χ1n) is 16.7. The average Bonchev–Trinajstić information content (AvgIpc) is 3.93. The molecule has 0 aliphatic heterocycles. The van der Waals surface area contributed by atoms with Gasteiger partial charge in [0.05, 0.1) is 0 Å². The van der Waals surface area contributed by atoms with E-state index < -0.39 is 8.07 Å². The predicted molar refractivity (Wildman–Crippen MR) is 202 cm³/mol. The molecule has 2 heteroatoms. The maximum absolute atomic E-state index is 3.76. The van der Waals surface area contributed by atoms with Gasteiger partial charge in [0, 0.05) is 21.8 Å². The second-order valence-corrected chi connectivity index (χ2v) is 16.7. The Morgan fingerprint density at radius 1 is 0.404 bits per heavy atom. The fraction of sp³-hybridized carbons (Fsp3) is 0.0667. The highest BCUT2D eigenvalue weighted by Crippen LogP contribution is 2.43. The first-order chi connectivity index (χ1) is 23.3. The Morgan fingerprint density at radius 3 is 1.38 bits per heavy atom. The van der Waals surface area contributed by atoms with Crippen molar-refractivity contribution in [3.63, 3.8) is 0 Å². The normalized spacial score (nSPS) is 13.3. The Kier molecular flexibility index (Phi) is 6.76. The molecule has 1 aliphatic rings. The number of aromatic nitrogens is 1. The van der Waals surface area contributed by atoms with Crippen molar-refractivity contribution in [3.8, 4) is 22.3 Å². The van der Waals surface area contributed by atoms with Gasteiger partial charge in [-0.05, 0) is 79.5 Å². The van der Waals surface area contributed by atoms with E-state index in [0.29, 0.717) is 0 Å². The van der Waals surface area contributed by atoms with Crippen LogP contribution in [-0.4, -0.2) is 13.1 Å². The van der Waals surface area contributed by atoms with Gasteiger partial charge in [-0.3, -0.25) is 0 Å². The second-order valence-electron chi connectivity index (χ2n) is 12.9. The number of nitrogens with one attached hydrogen (secondary N) is 1. The summed E-state index contributed by atoms with van der Waals surface area (Å²) < 4.78 is 0. The summed E-state index contributed by atoms with van der Waals surface area (Å²) in [7, 11) is -2.58. The molecule has 1 nitrogen and oxygen atoms in total. The predicted octanol–water partition coefficient (Wildman–Crippen LogP) is 8.91. The van der Waals surface area contributed by atoms with Crippen molar-refractivity contribution in [3.05, 3.63) is 181 Å². The lowest BCUT2D eigenvalue weighted by Crippen LogP contribution is -2.74. The van der Waals surface area contributed by atoms with Crippen molar-refractivity contribution < 1.29 is 0 Å². The number of fused-ring (bicyclic) bond motifs is 3. The molecule has 9 rings (SSSR count). The summed E-state index contributed by atoms with van der Waals surface area (Å²) in [5.41, 5.74) is 8.92. The second kappa shape index (κ2) is 11.4. The summed E-state index contributed by atoms with van der Waals surface area (Å²) in [6.07, 6.45) is 2.62. The van der Waals surface area contributed by atoms with Crippen LogP contribution in [0.25, 0.3) is 44.1 Å². The van der Waals surface area contributed by atoms with Gasteiger partial charge in [-0.25, -0.2) is 0 Å². The van der Waals surface area contributed by atoms with Crippen LogP contribution >= 0.6 is 0 Å². The first-order valence-corrected chi connectivity index (χ1v) is 18.7. The highest BCUT2D eigenvalue weighted by Gasteiger charge is 2.41. The molecule has 0 bridgehead atoms. The van der Waals surface area contributed by atoms with Crippen LogP contribution < -0.4 is 20.7 Å². The topological polar surface area (TPSA) is 15.8 Å². The number of hydrogen-bond donors (Lipinski definition) is 1. The van der Waals surface area contributed by atoms with Gasteiger partial charge in [0.15, 0.2) is 8.07 Å². The lowest BCUT2D eigenvalue weighted by atomic mass is 9.93. The molecule has 0 spiro atoms. The number of H-pyrrole nitrogens is 1. The maximum atomic E-state index is 3.76. The van der Waals surface area contributed by atoms with Gasteiger partial charge in [0.2, 0.25) is 0 Å². The first kappa shape index (κ1) is 27.8. The molecule has 47 heavy (non-hydrogen) atoms. The molecule has 8 aromatic rings. The fourth-order valence-corrected chi connectivity index (χ4v) is 12.6. The van der Waals surface area contributed by atoms with Gasteiger partial charge >= 0.3 is 0 Å². The van der Waals surface area contributed by atoms with E-state index in [0.717, 1.165) is 5.92 Å². The standard InChI is InChI=1S/C45H35NSi/c1-4-15-36(16-5-1)47(37-17-6-2-7-18-37,38-19-8-3-9-20-38)39-29-27-33(28-30-39)40-21-11-23-42-44(40)45-41(22-12-24-43(45)46-42)35-14-10-13-34(31-35)32-25-26-32/h1-24,27-32,46H,25-26H2. The van der Waals surface area contributed by atoms with Crippen molar-refractivity contribution in [2.24, 2.45) is 0 Å². The summed E-state index contributed by atoms with van der Waals surface area (Å²) in [5.74, 6) is 0.726. The smallest absolute Gasteiger partial charge is 0.179 e.